The fourth-order valence-corrected chi connectivity index (χ4v) is 3.29. The Morgan fingerprint density at radius 3 is 2.37 bits per heavy atom. The Morgan fingerprint density at radius 1 is 1.10 bits per heavy atom. The first-order valence-corrected chi connectivity index (χ1v) is 10.7. The summed E-state index contributed by atoms with van der Waals surface area (Å²) in [5.74, 6) is 0.513. The van der Waals surface area contributed by atoms with Crippen molar-refractivity contribution in [2.24, 2.45) is 0 Å². The van der Waals surface area contributed by atoms with Gasteiger partial charge in [-0.2, -0.15) is 0 Å². The van der Waals surface area contributed by atoms with Crippen LogP contribution in [0.3, 0.4) is 0 Å². The Balaban J connectivity index is 2.16. The first-order valence-electron chi connectivity index (χ1n) is 10.3. The predicted octanol–water partition coefficient (Wildman–Crippen LogP) is 4.61. The second-order valence-electron chi connectivity index (χ2n) is 7.45. The van der Waals surface area contributed by atoms with E-state index in [4.69, 9.17) is 16.3 Å². The lowest BCUT2D eigenvalue weighted by molar-refractivity contribution is -0.140. The van der Waals surface area contributed by atoms with Crippen LogP contribution in [-0.4, -0.2) is 35.9 Å². The first-order chi connectivity index (χ1) is 14.3. The van der Waals surface area contributed by atoms with Crippen molar-refractivity contribution in [3.8, 4) is 5.75 Å². The van der Waals surface area contributed by atoms with Crippen LogP contribution < -0.4 is 10.1 Å². The molecule has 30 heavy (non-hydrogen) atoms. The number of hydrogen-bond donors (Lipinski definition) is 1. The van der Waals surface area contributed by atoms with Gasteiger partial charge in [-0.1, -0.05) is 48.9 Å². The topological polar surface area (TPSA) is 58.6 Å². The molecule has 2 amide bonds. The molecule has 6 heteroatoms. The number of ether oxygens (including phenoxy) is 1. The Kier molecular flexibility index (Phi) is 9.18. The van der Waals surface area contributed by atoms with E-state index >= 15 is 0 Å². The molecule has 2 aromatic carbocycles. The Bertz CT molecular complexity index is 839. The highest BCUT2D eigenvalue weighted by atomic mass is 35.5. The van der Waals surface area contributed by atoms with Gasteiger partial charge >= 0.3 is 0 Å². The van der Waals surface area contributed by atoms with Crippen LogP contribution in [0.4, 0.5) is 0 Å². The van der Waals surface area contributed by atoms with Gasteiger partial charge in [-0.15, -0.1) is 0 Å². The molecule has 0 aromatic heterocycles. The summed E-state index contributed by atoms with van der Waals surface area (Å²) in [6.45, 7) is 6.09. The molecule has 0 saturated heterocycles. The van der Waals surface area contributed by atoms with E-state index in [2.05, 4.69) is 5.32 Å². The molecule has 5 nitrogen and oxygen atoms in total. The molecule has 0 saturated carbocycles. The van der Waals surface area contributed by atoms with Gasteiger partial charge < -0.3 is 15.0 Å². The molecule has 162 valence electrons. The van der Waals surface area contributed by atoms with Crippen LogP contribution in [0.5, 0.6) is 5.75 Å². The maximum atomic E-state index is 13.1. The minimum atomic E-state index is -0.583. The molecule has 0 aliphatic heterocycles. The van der Waals surface area contributed by atoms with Crippen LogP contribution in [0.25, 0.3) is 0 Å². The maximum absolute atomic E-state index is 13.1. The minimum absolute atomic E-state index is 0.0565. The van der Waals surface area contributed by atoms with Gasteiger partial charge in [-0.05, 0) is 56.0 Å². The van der Waals surface area contributed by atoms with E-state index in [1.165, 1.54) is 0 Å². The standard InChI is InChI=1S/C24H31ClN2O3/c1-5-17(2)26-24(29)18(3)27(16-19-10-13-21(30-4)14-11-19)23(28)15-12-20-8-6-7-9-22(20)25/h6-11,13-14,17-18H,5,12,15-16H2,1-4H3,(H,26,29)/t17-,18-/m0/s1. The van der Waals surface area contributed by atoms with Crippen LogP contribution in [0.1, 0.15) is 44.7 Å². The lowest BCUT2D eigenvalue weighted by Gasteiger charge is -2.30. The second-order valence-corrected chi connectivity index (χ2v) is 7.86. The van der Waals surface area contributed by atoms with Crippen molar-refractivity contribution in [3.63, 3.8) is 0 Å². The number of benzene rings is 2. The summed E-state index contributed by atoms with van der Waals surface area (Å²) >= 11 is 6.23. The molecule has 0 aliphatic carbocycles. The van der Waals surface area contributed by atoms with Crippen molar-refractivity contribution in [1.82, 2.24) is 10.2 Å². The van der Waals surface area contributed by atoms with E-state index in [0.29, 0.717) is 18.0 Å². The van der Waals surface area contributed by atoms with Crippen LogP contribution >= 0.6 is 11.6 Å². The lowest BCUT2D eigenvalue weighted by Crippen LogP contribution is -2.49. The zero-order chi connectivity index (χ0) is 22.1. The molecule has 0 spiro atoms. The molecule has 2 rings (SSSR count). The van der Waals surface area contributed by atoms with Gasteiger partial charge in [-0.3, -0.25) is 9.59 Å². The average Bonchev–Trinajstić information content (AvgIpc) is 2.76. The number of methoxy groups -OCH3 is 1. The summed E-state index contributed by atoms with van der Waals surface area (Å²) in [6, 6.07) is 14.5. The summed E-state index contributed by atoms with van der Waals surface area (Å²) in [5, 5.41) is 3.63. The normalized spacial score (nSPS) is 12.7. The average molecular weight is 431 g/mol. The second kappa shape index (κ2) is 11.6. The predicted molar refractivity (Wildman–Crippen MR) is 121 cm³/mol. The SMILES string of the molecule is CC[C@H](C)NC(=O)[C@H](C)N(Cc1ccc(OC)cc1)C(=O)CCc1ccccc1Cl. The van der Waals surface area contributed by atoms with E-state index in [0.717, 1.165) is 23.3 Å². The number of hydrogen-bond acceptors (Lipinski definition) is 3. The zero-order valence-corrected chi connectivity index (χ0v) is 18.9. The number of carbonyl (C=O) groups is 2. The Hall–Kier alpha value is -2.53. The van der Waals surface area contributed by atoms with Crippen LogP contribution in [0, 0.1) is 0 Å². The molecular weight excluding hydrogens is 400 g/mol. The van der Waals surface area contributed by atoms with Crippen molar-refractivity contribution in [1.29, 1.82) is 0 Å². The number of rotatable bonds is 10. The molecule has 0 heterocycles. The highest BCUT2D eigenvalue weighted by Gasteiger charge is 2.26. The lowest BCUT2D eigenvalue weighted by atomic mass is 10.1. The van der Waals surface area contributed by atoms with E-state index in [-0.39, 0.29) is 24.3 Å². The molecule has 0 bridgehead atoms. The quantitative estimate of drug-likeness (QED) is 0.598. The number of amides is 2. The van der Waals surface area contributed by atoms with E-state index < -0.39 is 6.04 Å². The fourth-order valence-electron chi connectivity index (χ4n) is 3.06. The van der Waals surface area contributed by atoms with Gasteiger partial charge in [0.05, 0.1) is 7.11 Å². The molecule has 0 radical (unpaired) electrons. The summed E-state index contributed by atoms with van der Waals surface area (Å²) in [7, 11) is 1.61. The molecule has 0 unspecified atom stereocenters. The highest BCUT2D eigenvalue weighted by Crippen LogP contribution is 2.19. The molecule has 1 N–H and O–H groups in total. The van der Waals surface area contributed by atoms with Crippen LogP contribution in [0.15, 0.2) is 48.5 Å². The molecular formula is C24H31ClN2O3. The zero-order valence-electron chi connectivity index (χ0n) is 18.2. The van der Waals surface area contributed by atoms with Crippen LogP contribution in [-0.2, 0) is 22.6 Å². The van der Waals surface area contributed by atoms with Crippen molar-refractivity contribution in [2.75, 3.05) is 7.11 Å². The van der Waals surface area contributed by atoms with Crippen LogP contribution in [0.2, 0.25) is 5.02 Å². The smallest absolute Gasteiger partial charge is 0.242 e. The van der Waals surface area contributed by atoms with Gasteiger partial charge in [0, 0.05) is 24.0 Å². The third-order valence-corrected chi connectivity index (χ3v) is 5.62. The van der Waals surface area contributed by atoms with Gasteiger partial charge in [0.15, 0.2) is 0 Å². The molecule has 0 aliphatic rings. The monoisotopic (exact) mass is 430 g/mol. The molecule has 2 aromatic rings. The maximum Gasteiger partial charge on any atom is 0.242 e. The van der Waals surface area contributed by atoms with Crippen molar-refractivity contribution >= 4 is 23.4 Å². The van der Waals surface area contributed by atoms with E-state index in [1.54, 1.807) is 18.9 Å². The van der Waals surface area contributed by atoms with Crippen molar-refractivity contribution in [2.45, 2.75) is 58.7 Å². The van der Waals surface area contributed by atoms with Crippen molar-refractivity contribution in [3.05, 3.63) is 64.7 Å². The van der Waals surface area contributed by atoms with Gasteiger partial charge in [0.1, 0.15) is 11.8 Å². The van der Waals surface area contributed by atoms with E-state index in [1.807, 2.05) is 62.4 Å². The molecule has 0 fully saturated rings. The minimum Gasteiger partial charge on any atom is -0.497 e. The number of nitrogens with one attached hydrogen (secondary N) is 1. The third-order valence-electron chi connectivity index (χ3n) is 5.25. The summed E-state index contributed by atoms with van der Waals surface area (Å²) in [5.41, 5.74) is 1.86. The van der Waals surface area contributed by atoms with E-state index in [9.17, 15) is 9.59 Å². The Labute approximate surface area is 184 Å². The summed E-state index contributed by atoms with van der Waals surface area (Å²) in [4.78, 5) is 27.5. The van der Waals surface area contributed by atoms with Gasteiger partial charge in [0.25, 0.3) is 0 Å². The first kappa shape index (κ1) is 23.7. The van der Waals surface area contributed by atoms with Gasteiger partial charge in [-0.25, -0.2) is 0 Å². The number of halogens is 1. The number of nitrogens with zero attached hydrogens (tertiary/aromatic N) is 1. The fraction of sp³-hybridized carbons (Fsp3) is 0.417. The van der Waals surface area contributed by atoms with Crippen molar-refractivity contribution < 1.29 is 14.3 Å². The highest BCUT2D eigenvalue weighted by molar-refractivity contribution is 6.31. The number of carbonyl (C=O) groups excluding carboxylic acids is 2. The summed E-state index contributed by atoms with van der Waals surface area (Å²) < 4.78 is 5.20. The number of aryl methyl sites for hydroxylation is 1. The largest absolute Gasteiger partial charge is 0.497 e. The summed E-state index contributed by atoms with van der Waals surface area (Å²) in [6.07, 6.45) is 1.63. The molecule has 2 atom stereocenters. The Morgan fingerprint density at radius 2 is 1.77 bits per heavy atom. The van der Waals surface area contributed by atoms with Gasteiger partial charge in [0.2, 0.25) is 11.8 Å². The third kappa shape index (κ3) is 6.77.